The molecule has 1 fully saturated rings. The summed E-state index contributed by atoms with van der Waals surface area (Å²) in [4.78, 5) is 0. The summed E-state index contributed by atoms with van der Waals surface area (Å²) in [6.45, 7) is 1.14. The molecule has 0 aromatic carbocycles. The van der Waals surface area contributed by atoms with Gasteiger partial charge in [-0.2, -0.15) is 0 Å². The van der Waals surface area contributed by atoms with Crippen LogP contribution in [-0.4, -0.2) is 30.5 Å². The summed E-state index contributed by atoms with van der Waals surface area (Å²) in [5.41, 5.74) is 5.55. The van der Waals surface area contributed by atoms with E-state index in [0.717, 1.165) is 19.4 Å². The van der Waals surface area contributed by atoms with Crippen LogP contribution in [0.1, 0.15) is 12.8 Å². The Labute approximate surface area is 54.8 Å². The molecular formula is C6H13NO2. The van der Waals surface area contributed by atoms with Crippen molar-refractivity contribution in [3.63, 3.8) is 0 Å². The maximum atomic E-state index is 9.11. The second kappa shape index (κ2) is 3.15. The Kier molecular flexibility index (Phi) is 2.45. The van der Waals surface area contributed by atoms with Crippen LogP contribution in [0.25, 0.3) is 0 Å². The molecule has 2 atom stereocenters. The Morgan fingerprint density at radius 1 is 1.56 bits per heavy atom. The molecule has 1 heterocycles. The summed E-state index contributed by atoms with van der Waals surface area (Å²) in [7, 11) is 0. The second-order valence-electron chi connectivity index (χ2n) is 2.45. The van der Waals surface area contributed by atoms with E-state index >= 15 is 0 Å². The van der Waals surface area contributed by atoms with Crippen LogP contribution in [-0.2, 0) is 4.74 Å². The average molecular weight is 131 g/mol. The highest BCUT2D eigenvalue weighted by atomic mass is 16.5. The third kappa shape index (κ3) is 1.93. The molecule has 1 rings (SSSR count). The topological polar surface area (TPSA) is 55.5 Å². The van der Waals surface area contributed by atoms with Crippen molar-refractivity contribution in [2.45, 2.75) is 25.0 Å². The number of aliphatic hydroxyl groups excluding tert-OH is 1. The number of ether oxygens (including phenoxy) is 1. The lowest BCUT2D eigenvalue weighted by Crippen LogP contribution is -2.35. The fraction of sp³-hybridized carbons (Fsp3) is 1.00. The predicted molar refractivity (Wildman–Crippen MR) is 34.0 cm³/mol. The zero-order chi connectivity index (χ0) is 6.69. The van der Waals surface area contributed by atoms with Gasteiger partial charge >= 0.3 is 0 Å². The lowest BCUT2D eigenvalue weighted by molar-refractivity contribution is 0.0436. The summed E-state index contributed by atoms with van der Waals surface area (Å²) in [6, 6.07) is -0.0764. The van der Waals surface area contributed by atoms with Gasteiger partial charge in [-0.15, -0.1) is 0 Å². The number of hydrogen-bond donors (Lipinski definition) is 2. The van der Waals surface area contributed by atoms with Crippen molar-refractivity contribution in [3.8, 4) is 0 Å². The molecule has 3 nitrogen and oxygen atoms in total. The Bertz CT molecular complexity index is 77.1. The highest BCUT2D eigenvalue weighted by Crippen LogP contribution is 2.05. The molecule has 3 heteroatoms. The van der Waals surface area contributed by atoms with Crippen LogP contribution < -0.4 is 5.73 Å². The fourth-order valence-corrected chi connectivity index (χ4v) is 0.941. The molecule has 0 aromatic rings. The van der Waals surface area contributed by atoms with Gasteiger partial charge in [0.15, 0.2) is 0 Å². The summed E-state index contributed by atoms with van der Waals surface area (Å²) in [5.74, 6) is 0. The molecular weight excluding hydrogens is 118 g/mol. The molecule has 0 spiro atoms. The van der Waals surface area contributed by atoms with Crippen LogP contribution in [0.15, 0.2) is 0 Å². The Morgan fingerprint density at radius 3 is 3.11 bits per heavy atom. The Morgan fingerprint density at radius 2 is 2.33 bits per heavy atom. The van der Waals surface area contributed by atoms with E-state index in [2.05, 4.69) is 0 Å². The smallest absolute Gasteiger partial charge is 0.0924 e. The van der Waals surface area contributed by atoms with E-state index in [1.54, 1.807) is 0 Å². The van der Waals surface area contributed by atoms with E-state index < -0.39 is 6.10 Å². The van der Waals surface area contributed by atoms with Crippen LogP contribution >= 0.6 is 0 Å². The molecule has 0 aromatic heterocycles. The van der Waals surface area contributed by atoms with Gasteiger partial charge in [-0.25, -0.2) is 0 Å². The lowest BCUT2D eigenvalue weighted by atomic mass is 10.1. The zero-order valence-electron chi connectivity index (χ0n) is 5.42. The second-order valence-corrected chi connectivity index (χ2v) is 2.45. The maximum absolute atomic E-state index is 9.11. The Hall–Kier alpha value is -0.120. The van der Waals surface area contributed by atoms with Crippen LogP contribution in [0.2, 0.25) is 0 Å². The van der Waals surface area contributed by atoms with Gasteiger partial charge in [-0.3, -0.25) is 0 Å². The minimum Gasteiger partial charge on any atom is -0.389 e. The number of hydrogen-bond acceptors (Lipinski definition) is 3. The molecule has 2 unspecified atom stereocenters. The van der Waals surface area contributed by atoms with Crippen molar-refractivity contribution in [3.05, 3.63) is 0 Å². The van der Waals surface area contributed by atoms with E-state index in [1.165, 1.54) is 0 Å². The molecule has 54 valence electrons. The van der Waals surface area contributed by atoms with Gasteiger partial charge in [0.25, 0.3) is 0 Å². The largest absolute Gasteiger partial charge is 0.389 e. The molecule has 0 radical (unpaired) electrons. The first-order chi connectivity index (χ1) is 4.30. The molecule has 3 N–H and O–H groups in total. The molecule has 9 heavy (non-hydrogen) atoms. The van der Waals surface area contributed by atoms with E-state index in [1.807, 2.05) is 0 Å². The third-order valence-corrected chi connectivity index (χ3v) is 1.61. The van der Waals surface area contributed by atoms with Crippen LogP contribution in [0.3, 0.4) is 0 Å². The summed E-state index contributed by atoms with van der Waals surface area (Å²) in [6.07, 6.45) is 1.40. The fourth-order valence-electron chi connectivity index (χ4n) is 0.941. The summed E-state index contributed by atoms with van der Waals surface area (Å²) in [5, 5.41) is 9.11. The number of nitrogens with two attached hydrogens (primary N) is 1. The van der Waals surface area contributed by atoms with Crippen molar-refractivity contribution >= 4 is 0 Å². The van der Waals surface area contributed by atoms with E-state index in [-0.39, 0.29) is 6.04 Å². The highest BCUT2D eigenvalue weighted by molar-refractivity contribution is 4.73. The average Bonchev–Trinajstić information content (AvgIpc) is 1.99. The molecule has 1 aliphatic rings. The van der Waals surface area contributed by atoms with Gasteiger partial charge in [-0.1, -0.05) is 0 Å². The van der Waals surface area contributed by atoms with E-state index in [9.17, 15) is 0 Å². The van der Waals surface area contributed by atoms with Gasteiger partial charge < -0.3 is 15.6 Å². The van der Waals surface area contributed by atoms with Crippen molar-refractivity contribution in [2.24, 2.45) is 5.73 Å². The van der Waals surface area contributed by atoms with Crippen molar-refractivity contribution in [2.75, 3.05) is 13.2 Å². The van der Waals surface area contributed by atoms with Gasteiger partial charge in [0.2, 0.25) is 0 Å². The predicted octanol–water partition coefficient (Wildman–Crippen LogP) is -0.515. The molecule has 0 aliphatic carbocycles. The lowest BCUT2D eigenvalue weighted by Gasteiger charge is -2.12. The summed E-state index contributed by atoms with van der Waals surface area (Å²) < 4.78 is 5.05. The van der Waals surface area contributed by atoms with Gasteiger partial charge in [0.1, 0.15) is 0 Å². The first-order valence-corrected chi connectivity index (χ1v) is 3.32. The van der Waals surface area contributed by atoms with Gasteiger partial charge in [0.05, 0.1) is 12.7 Å². The quantitative estimate of drug-likeness (QED) is 0.465. The van der Waals surface area contributed by atoms with Crippen molar-refractivity contribution in [1.82, 2.24) is 0 Å². The number of aliphatic hydroxyl groups is 1. The van der Waals surface area contributed by atoms with E-state index in [4.69, 9.17) is 15.6 Å². The van der Waals surface area contributed by atoms with Crippen LogP contribution in [0, 0.1) is 0 Å². The first kappa shape index (κ1) is 6.99. The van der Waals surface area contributed by atoms with Crippen molar-refractivity contribution < 1.29 is 9.84 Å². The van der Waals surface area contributed by atoms with Crippen LogP contribution in [0.4, 0.5) is 0 Å². The minimum absolute atomic E-state index is 0.0764. The molecule has 0 bridgehead atoms. The SMILES string of the molecule is NC1CCCOCC1O. The monoisotopic (exact) mass is 131 g/mol. The van der Waals surface area contributed by atoms with Crippen LogP contribution in [0.5, 0.6) is 0 Å². The maximum Gasteiger partial charge on any atom is 0.0924 e. The first-order valence-electron chi connectivity index (χ1n) is 3.32. The molecule has 0 amide bonds. The van der Waals surface area contributed by atoms with Crippen molar-refractivity contribution in [1.29, 1.82) is 0 Å². The minimum atomic E-state index is -0.451. The standard InChI is InChI=1S/C6H13NO2/c7-5-2-1-3-9-4-6(5)8/h5-6,8H,1-4,7H2. The highest BCUT2D eigenvalue weighted by Gasteiger charge is 2.17. The molecule has 0 saturated carbocycles. The summed E-state index contributed by atoms with van der Waals surface area (Å²) >= 11 is 0. The molecule has 1 aliphatic heterocycles. The zero-order valence-corrected chi connectivity index (χ0v) is 5.42. The normalized spacial score (nSPS) is 38.0. The molecule has 1 saturated heterocycles. The Balaban J connectivity index is 2.32. The van der Waals surface area contributed by atoms with E-state index in [0.29, 0.717) is 6.61 Å². The van der Waals surface area contributed by atoms with Gasteiger partial charge in [0, 0.05) is 12.6 Å². The van der Waals surface area contributed by atoms with Gasteiger partial charge in [-0.05, 0) is 12.8 Å². The third-order valence-electron chi connectivity index (χ3n) is 1.61. The number of rotatable bonds is 0.